The molecule has 0 spiro atoms. The van der Waals surface area contributed by atoms with E-state index in [1.807, 2.05) is 44.4 Å². The first kappa shape index (κ1) is 22.0. The number of fused-ring (bicyclic) bond motifs is 1. The van der Waals surface area contributed by atoms with Crippen LogP contribution in [-0.2, 0) is 17.8 Å². The van der Waals surface area contributed by atoms with E-state index < -0.39 is 11.2 Å². The summed E-state index contributed by atoms with van der Waals surface area (Å²) in [5.74, 6) is -0.352. The number of carbonyl (C=O) groups is 1. The summed E-state index contributed by atoms with van der Waals surface area (Å²) >= 11 is 2.61. The van der Waals surface area contributed by atoms with Crippen molar-refractivity contribution in [2.24, 2.45) is 0 Å². The van der Waals surface area contributed by atoms with Crippen LogP contribution in [0.5, 0.6) is 0 Å². The lowest BCUT2D eigenvalue weighted by Gasteiger charge is -2.15. The highest BCUT2D eigenvalue weighted by Gasteiger charge is 2.21. The molecule has 0 saturated carbocycles. The summed E-state index contributed by atoms with van der Waals surface area (Å²) < 4.78 is 3.38. The molecular formula is C23H22N4O3S2. The molecule has 0 fully saturated rings. The summed E-state index contributed by atoms with van der Waals surface area (Å²) in [7, 11) is 0. The van der Waals surface area contributed by atoms with Gasteiger partial charge in [-0.05, 0) is 42.9 Å². The first-order valence-electron chi connectivity index (χ1n) is 10.1. The van der Waals surface area contributed by atoms with Gasteiger partial charge in [0, 0.05) is 5.69 Å². The van der Waals surface area contributed by atoms with Crippen LogP contribution < -0.4 is 16.6 Å². The fraction of sp³-hybridized carbons (Fsp3) is 0.217. The monoisotopic (exact) mass is 466 g/mol. The van der Waals surface area contributed by atoms with Gasteiger partial charge < -0.3 is 5.32 Å². The van der Waals surface area contributed by atoms with Gasteiger partial charge in [0.15, 0.2) is 9.99 Å². The van der Waals surface area contributed by atoms with Gasteiger partial charge in [-0.2, -0.15) is 0 Å². The molecule has 7 nitrogen and oxygen atoms in total. The van der Waals surface area contributed by atoms with Crippen molar-refractivity contribution in [1.82, 2.24) is 14.1 Å². The maximum atomic E-state index is 13.4. The van der Waals surface area contributed by atoms with E-state index in [0.717, 1.165) is 27.8 Å². The number of amides is 1. The van der Waals surface area contributed by atoms with E-state index in [0.29, 0.717) is 14.7 Å². The van der Waals surface area contributed by atoms with Crippen LogP contribution in [0.2, 0.25) is 0 Å². The predicted octanol–water partition coefficient (Wildman–Crippen LogP) is 3.84. The minimum Gasteiger partial charge on any atom is -0.324 e. The Bertz CT molecular complexity index is 1420. The van der Waals surface area contributed by atoms with E-state index in [1.54, 1.807) is 24.3 Å². The van der Waals surface area contributed by atoms with Gasteiger partial charge >= 0.3 is 5.69 Å². The number of aryl methyl sites for hydroxylation is 2. The number of rotatable bonds is 6. The van der Waals surface area contributed by atoms with Crippen LogP contribution in [0.15, 0.2) is 62.5 Å². The quantitative estimate of drug-likeness (QED) is 0.437. The number of nitrogens with zero attached hydrogens (tertiary/aromatic N) is 3. The summed E-state index contributed by atoms with van der Waals surface area (Å²) in [6.45, 7) is 3.70. The molecule has 2 heterocycles. The van der Waals surface area contributed by atoms with E-state index >= 15 is 0 Å². The van der Waals surface area contributed by atoms with E-state index in [4.69, 9.17) is 0 Å². The SMILES string of the molecule is CCc1cccc(C)c1NC(=O)Cn1c(=O)n(-c2ccccc2)c(=O)c2sc(SC)nc21. The Morgan fingerprint density at radius 2 is 1.88 bits per heavy atom. The molecule has 0 bridgehead atoms. The molecule has 0 aliphatic heterocycles. The number of carbonyl (C=O) groups excluding carboxylic acids is 1. The number of hydrogen-bond donors (Lipinski definition) is 1. The van der Waals surface area contributed by atoms with Crippen LogP contribution in [0.3, 0.4) is 0 Å². The Morgan fingerprint density at radius 1 is 1.12 bits per heavy atom. The van der Waals surface area contributed by atoms with Gasteiger partial charge in [0.2, 0.25) is 5.91 Å². The van der Waals surface area contributed by atoms with Crippen molar-refractivity contribution in [2.45, 2.75) is 31.2 Å². The number of nitrogens with one attached hydrogen (secondary N) is 1. The fourth-order valence-corrected chi connectivity index (χ4v) is 5.07. The second kappa shape index (κ2) is 9.13. The van der Waals surface area contributed by atoms with Crippen molar-refractivity contribution < 1.29 is 4.79 Å². The zero-order valence-corrected chi connectivity index (χ0v) is 19.5. The van der Waals surface area contributed by atoms with Gasteiger partial charge in [-0.1, -0.05) is 55.1 Å². The molecule has 0 aliphatic rings. The average Bonchev–Trinajstić information content (AvgIpc) is 3.24. The number of anilines is 1. The van der Waals surface area contributed by atoms with Gasteiger partial charge in [0.25, 0.3) is 5.56 Å². The molecule has 4 rings (SSSR count). The molecule has 2 aromatic heterocycles. The molecule has 0 saturated heterocycles. The first-order valence-corrected chi connectivity index (χ1v) is 12.1. The van der Waals surface area contributed by atoms with Crippen LogP contribution in [0.1, 0.15) is 18.1 Å². The van der Waals surface area contributed by atoms with Crippen molar-refractivity contribution in [3.8, 4) is 5.69 Å². The summed E-state index contributed by atoms with van der Waals surface area (Å²) in [4.78, 5) is 44.0. The minimum absolute atomic E-state index is 0.233. The van der Waals surface area contributed by atoms with Gasteiger partial charge in [-0.15, -0.1) is 11.3 Å². The molecule has 2 aromatic carbocycles. The summed E-state index contributed by atoms with van der Waals surface area (Å²) in [5.41, 5.74) is 2.37. The third kappa shape index (κ3) is 4.01. The molecule has 9 heteroatoms. The molecule has 32 heavy (non-hydrogen) atoms. The van der Waals surface area contributed by atoms with E-state index in [1.165, 1.54) is 27.7 Å². The highest BCUT2D eigenvalue weighted by molar-refractivity contribution is 8.00. The molecule has 4 aromatic rings. The van der Waals surface area contributed by atoms with Gasteiger partial charge in [0.1, 0.15) is 11.2 Å². The number of para-hydroxylation sites is 2. The van der Waals surface area contributed by atoms with Gasteiger partial charge in [0.05, 0.1) is 5.69 Å². The van der Waals surface area contributed by atoms with E-state index in [2.05, 4.69) is 10.3 Å². The first-order chi connectivity index (χ1) is 15.4. The minimum atomic E-state index is -0.595. The molecule has 164 valence electrons. The normalized spacial score (nSPS) is 11.1. The molecule has 0 radical (unpaired) electrons. The molecule has 0 aliphatic carbocycles. The zero-order valence-electron chi connectivity index (χ0n) is 17.9. The number of benzene rings is 2. The van der Waals surface area contributed by atoms with Crippen molar-refractivity contribution in [2.75, 3.05) is 11.6 Å². The lowest BCUT2D eigenvalue weighted by molar-refractivity contribution is -0.116. The zero-order chi connectivity index (χ0) is 22.8. The van der Waals surface area contributed by atoms with Crippen molar-refractivity contribution >= 4 is 45.0 Å². The highest BCUT2D eigenvalue weighted by atomic mass is 32.2. The largest absolute Gasteiger partial charge is 0.337 e. The molecule has 1 amide bonds. The Morgan fingerprint density at radius 3 is 2.56 bits per heavy atom. The summed E-state index contributed by atoms with van der Waals surface area (Å²) in [6.07, 6.45) is 2.62. The van der Waals surface area contributed by atoms with Crippen LogP contribution in [0.4, 0.5) is 5.69 Å². The topological polar surface area (TPSA) is 86.0 Å². The third-order valence-corrected chi connectivity index (χ3v) is 7.18. The van der Waals surface area contributed by atoms with E-state index in [9.17, 15) is 14.4 Å². The summed E-state index contributed by atoms with van der Waals surface area (Å²) in [5, 5.41) is 2.95. The van der Waals surface area contributed by atoms with Gasteiger partial charge in [-0.3, -0.25) is 14.2 Å². The number of thioether (sulfide) groups is 1. The lowest BCUT2D eigenvalue weighted by Crippen LogP contribution is -2.40. The molecule has 0 unspecified atom stereocenters. The number of hydrogen-bond acceptors (Lipinski definition) is 6. The van der Waals surface area contributed by atoms with E-state index in [-0.39, 0.29) is 18.1 Å². The maximum Gasteiger partial charge on any atom is 0.337 e. The number of aromatic nitrogens is 3. The predicted molar refractivity (Wildman–Crippen MR) is 130 cm³/mol. The van der Waals surface area contributed by atoms with Crippen molar-refractivity contribution in [3.63, 3.8) is 0 Å². The Hall–Kier alpha value is -3.17. The second-order valence-corrected chi connectivity index (χ2v) is 9.24. The average molecular weight is 467 g/mol. The summed E-state index contributed by atoms with van der Waals surface area (Å²) in [6, 6.07) is 14.6. The number of thiazole rings is 1. The molecule has 0 atom stereocenters. The maximum absolute atomic E-state index is 13.4. The third-order valence-electron chi connectivity index (χ3n) is 5.16. The van der Waals surface area contributed by atoms with Crippen LogP contribution in [0.25, 0.3) is 16.0 Å². The van der Waals surface area contributed by atoms with Crippen LogP contribution in [0, 0.1) is 6.92 Å². The fourth-order valence-electron chi connectivity index (χ4n) is 3.57. The Labute approximate surface area is 192 Å². The van der Waals surface area contributed by atoms with Crippen LogP contribution in [-0.4, -0.2) is 26.3 Å². The lowest BCUT2D eigenvalue weighted by atomic mass is 10.1. The molecule has 1 N–H and O–H groups in total. The van der Waals surface area contributed by atoms with Gasteiger partial charge in [-0.25, -0.2) is 14.3 Å². The van der Waals surface area contributed by atoms with Crippen LogP contribution >= 0.6 is 23.1 Å². The smallest absolute Gasteiger partial charge is 0.324 e. The molecular weight excluding hydrogens is 444 g/mol. The van der Waals surface area contributed by atoms with Crippen molar-refractivity contribution in [1.29, 1.82) is 0 Å². The van der Waals surface area contributed by atoms with Crippen molar-refractivity contribution in [3.05, 3.63) is 80.5 Å². The highest BCUT2D eigenvalue weighted by Crippen LogP contribution is 2.26. The standard InChI is InChI=1S/C23H22N4O3S2/c1-4-15-10-8-9-14(2)18(15)24-17(28)13-26-20-19(32-22(25-20)31-3)21(29)27(23(26)30)16-11-6-5-7-12-16/h5-12H,4,13H2,1-3H3,(H,24,28). The Kier molecular flexibility index (Phi) is 6.29. The Balaban J connectivity index is 1.84. The second-order valence-electron chi connectivity index (χ2n) is 7.19.